The minimum absolute atomic E-state index is 0.509. The van der Waals surface area contributed by atoms with E-state index < -0.39 is 0 Å². The van der Waals surface area contributed by atoms with Crippen molar-refractivity contribution in [2.24, 2.45) is 5.92 Å². The van der Waals surface area contributed by atoms with Crippen molar-refractivity contribution in [3.63, 3.8) is 0 Å². The van der Waals surface area contributed by atoms with E-state index in [-0.39, 0.29) is 0 Å². The smallest absolute Gasteiger partial charge is 0.0102 e. The Morgan fingerprint density at radius 2 is 2.00 bits per heavy atom. The fraction of sp³-hybridized carbons (Fsp3) is 0.200. The van der Waals surface area contributed by atoms with Gasteiger partial charge in [-0.15, -0.1) is 0 Å². The zero-order valence-corrected chi connectivity index (χ0v) is 3.02. The predicted octanol–water partition coefficient (Wildman–Crippen LogP) is 1.21. The Labute approximate surface area is 32.5 Å². The number of hydrogen-bond acceptors (Lipinski definition) is 0. The molecule has 0 saturated carbocycles. The highest BCUT2D eigenvalue weighted by Crippen LogP contribution is 2.11. The number of rotatable bonds is 0. The topological polar surface area (TPSA) is 0 Å². The molecule has 0 N–H and O–H groups in total. The average Bonchev–Trinajstić information content (AvgIpc) is 1.30. The monoisotopic (exact) mass is 66.0 g/mol. The van der Waals surface area contributed by atoms with Gasteiger partial charge in [0, 0.05) is 0 Å². The lowest BCUT2D eigenvalue weighted by Crippen LogP contribution is -1.95. The van der Waals surface area contributed by atoms with Crippen molar-refractivity contribution in [2.75, 3.05) is 0 Å². The molecule has 26 valence electrons. The van der Waals surface area contributed by atoms with Crippen LogP contribution < -0.4 is 0 Å². The summed E-state index contributed by atoms with van der Waals surface area (Å²) in [5, 5.41) is 0. The molecule has 0 fully saturated rings. The molecular weight excluding hydrogens is 60.1 g/mol. The van der Waals surface area contributed by atoms with E-state index >= 15 is 0 Å². The van der Waals surface area contributed by atoms with E-state index in [0.717, 1.165) is 0 Å². The van der Waals surface area contributed by atoms with Crippen molar-refractivity contribution < 1.29 is 0 Å². The molecule has 0 saturated heterocycles. The first kappa shape index (κ1) is 2.95. The maximum Gasteiger partial charge on any atom is -0.0102 e. The van der Waals surface area contributed by atoms with Crippen LogP contribution in [0.3, 0.4) is 0 Å². The third-order valence-corrected chi connectivity index (χ3v) is 0.717. The van der Waals surface area contributed by atoms with Gasteiger partial charge in [0.25, 0.3) is 0 Å². The molecule has 1 atom stereocenters. The maximum atomic E-state index is 3.70. The SMILES string of the molecule is [CH2]C1[CH]C=C1. The van der Waals surface area contributed by atoms with Crippen LogP contribution in [0.1, 0.15) is 0 Å². The predicted molar refractivity (Wildman–Crippen MR) is 22.3 cm³/mol. The van der Waals surface area contributed by atoms with Crippen molar-refractivity contribution >= 4 is 0 Å². The second kappa shape index (κ2) is 0.852. The summed E-state index contributed by atoms with van der Waals surface area (Å²) >= 11 is 0. The van der Waals surface area contributed by atoms with E-state index in [1.54, 1.807) is 0 Å². The van der Waals surface area contributed by atoms with Crippen LogP contribution in [0.15, 0.2) is 12.2 Å². The van der Waals surface area contributed by atoms with Gasteiger partial charge >= 0.3 is 0 Å². The third-order valence-electron chi connectivity index (χ3n) is 0.717. The van der Waals surface area contributed by atoms with Gasteiger partial charge in [0.1, 0.15) is 0 Å². The fourth-order valence-electron chi connectivity index (χ4n) is 0.268. The summed E-state index contributed by atoms with van der Waals surface area (Å²) in [6.45, 7) is 3.70. The van der Waals surface area contributed by atoms with Gasteiger partial charge in [-0.1, -0.05) is 12.2 Å². The van der Waals surface area contributed by atoms with Crippen molar-refractivity contribution in [3.8, 4) is 0 Å². The van der Waals surface area contributed by atoms with Gasteiger partial charge < -0.3 is 0 Å². The largest absolute Gasteiger partial charge is 0.0845 e. The standard InChI is InChI=1S/C5H6/c1-5-3-2-4-5/h2-5H,1H2. The molecule has 0 amide bonds. The fourth-order valence-corrected chi connectivity index (χ4v) is 0.268. The highest BCUT2D eigenvalue weighted by atomic mass is 14.0. The lowest BCUT2D eigenvalue weighted by Gasteiger charge is -2.07. The molecule has 1 unspecified atom stereocenters. The first-order valence-electron chi connectivity index (χ1n) is 1.74. The van der Waals surface area contributed by atoms with Gasteiger partial charge in [-0.25, -0.2) is 0 Å². The Morgan fingerprint density at radius 1 is 1.60 bits per heavy atom. The molecule has 1 rings (SSSR count). The van der Waals surface area contributed by atoms with Crippen LogP contribution in [0.2, 0.25) is 0 Å². The summed E-state index contributed by atoms with van der Waals surface area (Å²) < 4.78 is 0. The molecule has 0 aliphatic heterocycles. The number of hydrogen-bond donors (Lipinski definition) is 0. The molecule has 1 aliphatic rings. The van der Waals surface area contributed by atoms with Crippen LogP contribution in [0.25, 0.3) is 0 Å². The highest BCUT2D eigenvalue weighted by Gasteiger charge is 1.99. The summed E-state index contributed by atoms with van der Waals surface area (Å²) in [6, 6.07) is 0. The third kappa shape index (κ3) is 0.344. The Bertz CT molecular complexity index is 53.1. The minimum Gasteiger partial charge on any atom is -0.0845 e. The van der Waals surface area contributed by atoms with Crippen LogP contribution >= 0.6 is 0 Å². The molecule has 0 aromatic heterocycles. The first-order valence-corrected chi connectivity index (χ1v) is 1.74. The van der Waals surface area contributed by atoms with E-state index in [0.29, 0.717) is 5.92 Å². The van der Waals surface area contributed by atoms with Crippen LogP contribution in [-0.4, -0.2) is 0 Å². The molecule has 1 aliphatic carbocycles. The molecular formula is C5H6. The van der Waals surface area contributed by atoms with E-state index in [1.807, 2.05) is 6.08 Å². The lowest BCUT2D eigenvalue weighted by atomic mass is 9.98. The molecule has 0 aromatic rings. The molecule has 0 heteroatoms. The maximum absolute atomic E-state index is 3.70. The van der Waals surface area contributed by atoms with E-state index in [9.17, 15) is 0 Å². The van der Waals surface area contributed by atoms with Crippen molar-refractivity contribution in [1.82, 2.24) is 0 Å². The quantitative estimate of drug-likeness (QED) is 0.398. The van der Waals surface area contributed by atoms with Crippen LogP contribution in [0, 0.1) is 19.3 Å². The second-order valence-corrected chi connectivity index (χ2v) is 1.24. The molecule has 0 spiro atoms. The van der Waals surface area contributed by atoms with Gasteiger partial charge in [0.2, 0.25) is 0 Å². The molecule has 5 heavy (non-hydrogen) atoms. The molecule has 0 aromatic carbocycles. The molecule has 0 heterocycles. The Morgan fingerprint density at radius 3 is 2.00 bits per heavy atom. The second-order valence-electron chi connectivity index (χ2n) is 1.24. The van der Waals surface area contributed by atoms with E-state index in [4.69, 9.17) is 0 Å². The Hall–Kier alpha value is -0.260. The first-order chi connectivity index (χ1) is 2.39. The van der Waals surface area contributed by atoms with Crippen molar-refractivity contribution in [2.45, 2.75) is 0 Å². The highest BCUT2D eigenvalue weighted by molar-refractivity contribution is 5.17. The zero-order chi connectivity index (χ0) is 3.70. The van der Waals surface area contributed by atoms with Gasteiger partial charge in [-0.3, -0.25) is 0 Å². The zero-order valence-electron chi connectivity index (χ0n) is 3.02. The molecule has 2 radical (unpaired) electrons. The summed E-state index contributed by atoms with van der Waals surface area (Å²) in [5.74, 6) is 0.509. The summed E-state index contributed by atoms with van der Waals surface area (Å²) in [4.78, 5) is 0. The lowest BCUT2D eigenvalue weighted by molar-refractivity contribution is 0.929. The Balaban J connectivity index is 2.39. The summed E-state index contributed by atoms with van der Waals surface area (Å²) in [5.41, 5.74) is 0. The van der Waals surface area contributed by atoms with E-state index in [2.05, 4.69) is 19.4 Å². The van der Waals surface area contributed by atoms with Crippen molar-refractivity contribution in [3.05, 3.63) is 25.5 Å². The Kier molecular flexibility index (Phi) is 0.503. The van der Waals surface area contributed by atoms with Gasteiger partial charge in [-0.05, 0) is 19.3 Å². The van der Waals surface area contributed by atoms with Crippen LogP contribution in [0.5, 0.6) is 0 Å². The van der Waals surface area contributed by atoms with E-state index in [1.165, 1.54) is 0 Å². The number of allylic oxidation sites excluding steroid dienone is 2. The molecule has 0 bridgehead atoms. The van der Waals surface area contributed by atoms with Gasteiger partial charge in [0.05, 0.1) is 0 Å². The summed E-state index contributed by atoms with van der Waals surface area (Å²) in [6.07, 6.45) is 6.12. The normalized spacial score (nSPS) is 33.4. The average molecular weight is 66.1 g/mol. The van der Waals surface area contributed by atoms with Gasteiger partial charge in [-0.2, -0.15) is 0 Å². The van der Waals surface area contributed by atoms with Crippen LogP contribution in [0.4, 0.5) is 0 Å². The van der Waals surface area contributed by atoms with Crippen LogP contribution in [-0.2, 0) is 0 Å². The molecule has 0 nitrogen and oxygen atoms in total. The van der Waals surface area contributed by atoms with Gasteiger partial charge in [0.15, 0.2) is 0 Å². The summed E-state index contributed by atoms with van der Waals surface area (Å²) in [7, 11) is 0. The minimum atomic E-state index is 0.509. The van der Waals surface area contributed by atoms with Crippen molar-refractivity contribution in [1.29, 1.82) is 0 Å².